The third-order valence-electron chi connectivity index (χ3n) is 5.33. The van der Waals surface area contributed by atoms with Crippen LogP contribution in [0.4, 0.5) is 15.6 Å². The summed E-state index contributed by atoms with van der Waals surface area (Å²) in [6, 6.07) is 11.7. The summed E-state index contributed by atoms with van der Waals surface area (Å²) >= 11 is 1.73. The molecule has 0 spiro atoms. The van der Waals surface area contributed by atoms with Gasteiger partial charge in [0, 0.05) is 37.9 Å². The molecule has 2 aromatic carbocycles. The van der Waals surface area contributed by atoms with E-state index in [4.69, 9.17) is 14.5 Å². The minimum Gasteiger partial charge on any atom is -0.454 e. The third kappa shape index (κ3) is 3.44. The maximum atomic E-state index is 12.6. The predicted octanol–water partition coefficient (Wildman–Crippen LogP) is 3.94. The number of hydrogen-bond donors (Lipinski definition) is 1. The Bertz CT molecular complexity index is 1060. The van der Waals surface area contributed by atoms with E-state index in [0.29, 0.717) is 30.3 Å². The number of urea groups is 1. The van der Waals surface area contributed by atoms with Crippen LogP contribution in [-0.2, 0) is 6.42 Å². The predicted molar refractivity (Wildman–Crippen MR) is 114 cm³/mol. The highest BCUT2D eigenvalue weighted by atomic mass is 32.1. The SMILES string of the molecule is CCc1cccc2sc(N3CCN(C(=O)Nc4ccc5c(c4)OCO5)CC3)nc12. The second-order valence-electron chi connectivity index (χ2n) is 7.09. The van der Waals surface area contributed by atoms with Gasteiger partial charge in [0.25, 0.3) is 0 Å². The molecule has 1 fully saturated rings. The van der Waals surface area contributed by atoms with E-state index in [1.54, 1.807) is 17.4 Å². The molecule has 0 saturated carbocycles. The number of nitrogens with zero attached hydrogens (tertiary/aromatic N) is 3. The lowest BCUT2D eigenvalue weighted by atomic mass is 10.1. The highest BCUT2D eigenvalue weighted by Crippen LogP contribution is 2.34. The first-order valence-corrected chi connectivity index (χ1v) is 10.6. The molecule has 29 heavy (non-hydrogen) atoms. The van der Waals surface area contributed by atoms with Gasteiger partial charge in [-0.1, -0.05) is 30.4 Å². The molecule has 0 radical (unpaired) electrons. The number of benzene rings is 2. The second kappa shape index (κ2) is 7.44. The molecule has 0 atom stereocenters. The van der Waals surface area contributed by atoms with E-state index in [1.807, 2.05) is 17.0 Å². The van der Waals surface area contributed by atoms with Gasteiger partial charge in [-0.15, -0.1) is 0 Å². The van der Waals surface area contributed by atoms with E-state index >= 15 is 0 Å². The molecular weight excluding hydrogens is 388 g/mol. The molecule has 3 aromatic rings. The van der Waals surface area contributed by atoms with Gasteiger partial charge in [0.15, 0.2) is 16.6 Å². The van der Waals surface area contributed by atoms with Gasteiger partial charge in [-0.3, -0.25) is 0 Å². The van der Waals surface area contributed by atoms with Crippen molar-refractivity contribution in [2.24, 2.45) is 0 Å². The van der Waals surface area contributed by atoms with Crippen LogP contribution in [0.15, 0.2) is 36.4 Å². The van der Waals surface area contributed by atoms with Crippen LogP contribution in [0.2, 0.25) is 0 Å². The zero-order chi connectivity index (χ0) is 19.8. The lowest BCUT2D eigenvalue weighted by molar-refractivity contribution is 0.174. The fourth-order valence-electron chi connectivity index (χ4n) is 3.69. The summed E-state index contributed by atoms with van der Waals surface area (Å²) in [7, 11) is 0. The number of thiazole rings is 1. The van der Waals surface area contributed by atoms with E-state index in [-0.39, 0.29) is 12.8 Å². The Morgan fingerprint density at radius 1 is 1.14 bits per heavy atom. The zero-order valence-corrected chi connectivity index (χ0v) is 17.0. The van der Waals surface area contributed by atoms with Crippen LogP contribution < -0.4 is 19.7 Å². The molecule has 3 heterocycles. The largest absolute Gasteiger partial charge is 0.454 e. The molecule has 150 valence electrons. The van der Waals surface area contributed by atoms with Crippen molar-refractivity contribution >= 4 is 38.4 Å². The van der Waals surface area contributed by atoms with Crippen molar-refractivity contribution in [3.8, 4) is 11.5 Å². The molecule has 7 nitrogen and oxygen atoms in total. The fraction of sp³-hybridized carbons (Fsp3) is 0.333. The van der Waals surface area contributed by atoms with E-state index in [9.17, 15) is 4.79 Å². The Balaban J connectivity index is 1.23. The van der Waals surface area contributed by atoms with Crippen LogP contribution in [-0.4, -0.2) is 48.9 Å². The maximum Gasteiger partial charge on any atom is 0.321 e. The Morgan fingerprint density at radius 2 is 1.97 bits per heavy atom. The van der Waals surface area contributed by atoms with Crippen molar-refractivity contribution in [3.63, 3.8) is 0 Å². The third-order valence-corrected chi connectivity index (χ3v) is 6.41. The van der Waals surface area contributed by atoms with E-state index in [1.165, 1.54) is 10.3 Å². The standard InChI is InChI=1S/C21H22N4O3S/c1-2-14-4-3-5-18-19(14)23-21(29-18)25-10-8-24(9-11-25)20(26)22-15-6-7-16-17(12-15)28-13-27-16/h3-7,12H,2,8-11,13H2,1H3,(H,22,26). The number of rotatable bonds is 3. The van der Waals surface area contributed by atoms with Gasteiger partial charge in [0.1, 0.15) is 0 Å². The minimum atomic E-state index is -0.0962. The van der Waals surface area contributed by atoms with Crippen LogP contribution in [0, 0.1) is 0 Å². The minimum absolute atomic E-state index is 0.0962. The summed E-state index contributed by atoms with van der Waals surface area (Å²) in [5, 5.41) is 3.99. The van der Waals surface area contributed by atoms with E-state index < -0.39 is 0 Å². The highest BCUT2D eigenvalue weighted by Gasteiger charge is 2.24. The van der Waals surface area contributed by atoms with Gasteiger partial charge in [-0.2, -0.15) is 0 Å². The first-order valence-electron chi connectivity index (χ1n) is 9.80. The monoisotopic (exact) mass is 410 g/mol. The van der Waals surface area contributed by atoms with Gasteiger partial charge < -0.3 is 24.6 Å². The van der Waals surface area contributed by atoms with Crippen molar-refractivity contribution < 1.29 is 14.3 Å². The number of ether oxygens (including phenoxy) is 2. The Hall–Kier alpha value is -3.00. The zero-order valence-electron chi connectivity index (χ0n) is 16.2. The number of fused-ring (bicyclic) bond motifs is 2. The molecule has 2 amide bonds. The number of carbonyl (C=O) groups excluding carboxylic acids is 1. The molecule has 2 aliphatic heterocycles. The molecule has 1 aromatic heterocycles. The molecular formula is C21H22N4O3S. The Morgan fingerprint density at radius 3 is 2.79 bits per heavy atom. The lowest BCUT2D eigenvalue weighted by Crippen LogP contribution is -2.50. The van der Waals surface area contributed by atoms with Gasteiger partial charge in [0.2, 0.25) is 6.79 Å². The number of amides is 2. The number of para-hydroxylation sites is 1. The summed E-state index contributed by atoms with van der Waals surface area (Å²) in [4.78, 5) is 21.6. The van der Waals surface area contributed by atoms with Crippen molar-refractivity contribution in [2.75, 3.05) is 43.2 Å². The number of aryl methyl sites for hydroxylation is 1. The first-order chi connectivity index (χ1) is 14.2. The van der Waals surface area contributed by atoms with Crippen LogP contribution in [0.5, 0.6) is 11.5 Å². The number of anilines is 2. The smallest absolute Gasteiger partial charge is 0.321 e. The van der Waals surface area contributed by atoms with Crippen LogP contribution in [0.1, 0.15) is 12.5 Å². The maximum absolute atomic E-state index is 12.6. The van der Waals surface area contributed by atoms with Crippen molar-refractivity contribution in [3.05, 3.63) is 42.0 Å². The van der Waals surface area contributed by atoms with Gasteiger partial charge in [0.05, 0.1) is 10.2 Å². The van der Waals surface area contributed by atoms with Gasteiger partial charge >= 0.3 is 6.03 Å². The fourth-order valence-corrected chi connectivity index (χ4v) is 4.76. The number of nitrogens with one attached hydrogen (secondary N) is 1. The topological polar surface area (TPSA) is 66.9 Å². The van der Waals surface area contributed by atoms with Crippen LogP contribution in [0.3, 0.4) is 0 Å². The quantitative estimate of drug-likeness (QED) is 0.708. The summed E-state index contributed by atoms with van der Waals surface area (Å²) in [6.45, 7) is 5.25. The average molecular weight is 410 g/mol. The van der Waals surface area contributed by atoms with Crippen molar-refractivity contribution in [1.29, 1.82) is 0 Å². The summed E-state index contributed by atoms with van der Waals surface area (Å²) in [5.74, 6) is 1.37. The Kier molecular flexibility index (Phi) is 4.63. The van der Waals surface area contributed by atoms with Gasteiger partial charge in [-0.05, 0) is 30.2 Å². The van der Waals surface area contributed by atoms with Gasteiger partial charge in [-0.25, -0.2) is 9.78 Å². The normalized spacial score (nSPS) is 15.8. The van der Waals surface area contributed by atoms with Crippen molar-refractivity contribution in [1.82, 2.24) is 9.88 Å². The first kappa shape index (κ1) is 18.1. The summed E-state index contributed by atoms with van der Waals surface area (Å²) in [5.41, 5.74) is 3.10. The number of carbonyl (C=O) groups is 1. The van der Waals surface area contributed by atoms with E-state index in [0.717, 1.165) is 30.2 Å². The average Bonchev–Trinajstić information content (AvgIpc) is 3.40. The second-order valence-corrected chi connectivity index (χ2v) is 8.10. The van der Waals surface area contributed by atoms with Crippen LogP contribution >= 0.6 is 11.3 Å². The molecule has 0 bridgehead atoms. The van der Waals surface area contributed by atoms with Crippen molar-refractivity contribution in [2.45, 2.75) is 13.3 Å². The molecule has 1 saturated heterocycles. The molecule has 8 heteroatoms. The highest BCUT2D eigenvalue weighted by molar-refractivity contribution is 7.22. The Labute approximate surface area is 172 Å². The van der Waals surface area contributed by atoms with E-state index in [2.05, 4.69) is 35.3 Å². The summed E-state index contributed by atoms with van der Waals surface area (Å²) < 4.78 is 11.9. The molecule has 1 N–H and O–H groups in total. The summed E-state index contributed by atoms with van der Waals surface area (Å²) in [6.07, 6.45) is 0.980. The molecule has 2 aliphatic rings. The van der Waals surface area contributed by atoms with Crippen LogP contribution in [0.25, 0.3) is 10.2 Å². The number of aromatic nitrogens is 1. The molecule has 0 unspecified atom stereocenters. The number of piperazine rings is 1. The molecule has 0 aliphatic carbocycles. The lowest BCUT2D eigenvalue weighted by Gasteiger charge is -2.34. The molecule has 5 rings (SSSR count). The number of hydrogen-bond acceptors (Lipinski definition) is 6.